The molecule has 2 N–H and O–H groups in total. The van der Waals surface area contributed by atoms with E-state index in [-0.39, 0.29) is 0 Å². The first-order valence-corrected chi connectivity index (χ1v) is 5.71. The molecule has 16 heavy (non-hydrogen) atoms. The third kappa shape index (κ3) is 4.00. The molecule has 0 fully saturated rings. The Morgan fingerprint density at radius 3 is 2.81 bits per heavy atom. The van der Waals surface area contributed by atoms with Gasteiger partial charge in [0.1, 0.15) is 5.75 Å². The molecule has 0 aliphatic heterocycles. The van der Waals surface area contributed by atoms with Crippen LogP contribution in [0.3, 0.4) is 0 Å². The van der Waals surface area contributed by atoms with Gasteiger partial charge in [0.25, 0.3) is 0 Å². The van der Waals surface area contributed by atoms with Gasteiger partial charge in [-0.05, 0) is 28.1 Å². The average molecular weight is 290 g/mol. The summed E-state index contributed by atoms with van der Waals surface area (Å²) in [6.45, 7) is 0.744. The summed E-state index contributed by atoms with van der Waals surface area (Å²) in [5, 5.41) is 12.6. The van der Waals surface area contributed by atoms with Gasteiger partial charge in [-0.2, -0.15) is 0 Å². The van der Waals surface area contributed by atoms with E-state index in [1.54, 1.807) is 14.2 Å². The van der Waals surface area contributed by atoms with Crippen LogP contribution < -0.4 is 10.1 Å². The highest BCUT2D eigenvalue weighted by atomic mass is 79.9. The Morgan fingerprint density at radius 2 is 2.19 bits per heavy atom. The minimum atomic E-state index is -0.525. The van der Waals surface area contributed by atoms with Crippen LogP contribution >= 0.6 is 15.9 Å². The van der Waals surface area contributed by atoms with E-state index in [1.807, 2.05) is 18.2 Å². The second-order valence-corrected chi connectivity index (χ2v) is 4.19. The van der Waals surface area contributed by atoms with Crippen LogP contribution in [0.1, 0.15) is 0 Å². The number of benzene rings is 1. The molecule has 1 unspecified atom stereocenters. The SMILES string of the molecule is COCC(O)CNc1cc(OC)ccc1Br. The molecule has 1 atom stereocenters. The molecule has 0 aliphatic carbocycles. The number of hydrogen-bond acceptors (Lipinski definition) is 4. The lowest BCUT2D eigenvalue weighted by atomic mass is 10.3. The zero-order chi connectivity index (χ0) is 12.0. The quantitative estimate of drug-likeness (QED) is 0.840. The van der Waals surface area contributed by atoms with E-state index in [4.69, 9.17) is 9.47 Å². The molecule has 90 valence electrons. The monoisotopic (exact) mass is 289 g/mol. The molecule has 1 aromatic rings. The summed E-state index contributed by atoms with van der Waals surface area (Å²) in [4.78, 5) is 0. The average Bonchev–Trinajstić information content (AvgIpc) is 2.28. The Bertz CT molecular complexity index is 333. The van der Waals surface area contributed by atoms with E-state index in [0.717, 1.165) is 15.9 Å². The Labute approximate surface area is 104 Å². The zero-order valence-electron chi connectivity index (χ0n) is 9.37. The molecule has 0 spiro atoms. The van der Waals surface area contributed by atoms with Gasteiger partial charge in [0.2, 0.25) is 0 Å². The van der Waals surface area contributed by atoms with Crippen LogP contribution in [-0.2, 0) is 4.74 Å². The van der Waals surface area contributed by atoms with Gasteiger partial charge in [-0.25, -0.2) is 0 Å². The van der Waals surface area contributed by atoms with Crippen molar-refractivity contribution in [3.05, 3.63) is 22.7 Å². The molecule has 1 rings (SSSR count). The first kappa shape index (κ1) is 13.3. The predicted molar refractivity (Wildman–Crippen MR) is 67.1 cm³/mol. The van der Waals surface area contributed by atoms with Gasteiger partial charge in [0.05, 0.1) is 25.5 Å². The van der Waals surface area contributed by atoms with Gasteiger partial charge >= 0.3 is 0 Å². The van der Waals surface area contributed by atoms with Crippen LogP contribution in [0.25, 0.3) is 0 Å². The summed E-state index contributed by atoms with van der Waals surface area (Å²) in [5.74, 6) is 0.770. The van der Waals surface area contributed by atoms with Crippen molar-refractivity contribution < 1.29 is 14.6 Å². The van der Waals surface area contributed by atoms with Gasteiger partial charge in [-0.3, -0.25) is 0 Å². The maximum atomic E-state index is 9.49. The molecule has 0 amide bonds. The molecule has 4 nitrogen and oxygen atoms in total. The number of halogens is 1. The van der Waals surface area contributed by atoms with Crippen molar-refractivity contribution in [2.75, 3.05) is 32.7 Å². The Morgan fingerprint density at radius 1 is 1.44 bits per heavy atom. The number of hydrogen-bond donors (Lipinski definition) is 2. The van der Waals surface area contributed by atoms with Crippen molar-refractivity contribution in [2.24, 2.45) is 0 Å². The molecule has 0 heterocycles. The third-order valence-electron chi connectivity index (χ3n) is 2.06. The second kappa shape index (κ2) is 6.73. The number of methoxy groups -OCH3 is 2. The number of rotatable bonds is 6. The van der Waals surface area contributed by atoms with Crippen LogP contribution in [0.2, 0.25) is 0 Å². The van der Waals surface area contributed by atoms with E-state index in [2.05, 4.69) is 21.2 Å². The van der Waals surface area contributed by atoms with Gasteiger partial charge in [0.15, 0.2) is 0 Å². The summed E-state index contributed by atoms with van der Waals surface area (Å²) < 4.78 is 10.9. The van der Waals surface area contributed by atoms with Crippen LogP contribution in [0, 0.1) is 0 Å². The predicted octanol–water partition coefficient (Wildman–Crippen LogP) is 1.88. The molecule has 5 heteroatoms. The molecule has 0 aromatic heterocycles. The first-order chi connectivity index (χ1) is 7.67. The first-order valence-electron chi connectivity index (χ1n) is 4.91. The summed E-state index contributed by atoms with van der Waals surface area (Å²) in [6, 6.07) is 5.62. The summed E-state index contributed by atoms with van der Waals surface area (Å²) in [6.07, 6.45) is -0.525. The van der Waals surface area contributed by atoms with E-state index < -0.39 is 6.10 Å². The number of anilines is 1. The largest absolute Gasteiger partial charge is 0.497 e. The van der Waals surface area contributed by atoms with Crippen LogP contribution in [0.5, 0.6) is 5.75 Å². The van der Waals surface area contributed by atoms with Crippen molar-refractivity contribution in [2.45, 2.75) is 6.10 Å². The zero-order valence-corrected chi connectivity index (χ0v) is 11.0. The molecule has 1 aromatic carbocycles. The number of aliphatic hydroxyl groups excluding tert-OH is 1. The lowest BCUT2D eigenvalue weighted by molar-refractivity contribution is 0.0727. The molecule has 0 saturated carbocycles. The van der Waals surface area contributed by atoms with Crippen molar-refractivity contribution in [3.8, 4) is 5.75 Å². The Kier molecular flexibility index (Phi) is 5.59. The molecule has 0 aliphatic rings. The molecule has 0 bridgehead atoms. The normalized spacial score (nSPS) is 12.2. The maximum absolute atomic E-state index is 9.49. The fourth-order valence-corrected chi connectivity index (χ4v) is 1.63. The minimum absolute atomic E-state index is 0.314. The van der Waals surface area contributed by atoms with E-state index in [9.17, 15) is 5.11 Å². The second-order valence-electron chi connectivity index (χ2n) is 3.34. The Balaban J connectivity index is 2.58. The van der Waals surface area contributed by atoms with Crippen molar-refractivity contribution >= 4 is 21.6 Å². The van der Waals surface area contributed by atoms with Gasteiger partial charge in [0, 0.05) is 24.2 Å². The highest BCUT2D eigenvalue weighted by Gasteiger charge is 2.06. The fourth-order valence-electron chi connectivity index (χ4n) is 1.25. The highest BCUT2D eigenvalue weighted by Crippen LogP contribution is 2.26. The molecule has 0 saturated heterocycles. The van der Waals surface area contributed by atoms with E-state index in [1.165, 1.54) is 0 Å². The summed E-state index contributed by atoms with van der Waals surface area (Å²) in [5.41, 5.74) is 0.884. The van der Waals surface area contributed by atoms with Crippen LogP contribution in [0.4, 0.5) is 5.69 Å². The summed E-state index contributed by atoms with van der Waals surface area (Å²) >= 11 is 3.42. The smallest absolute Gasteiger partial charge is 0.121 e. The number of aliphatic hydroxyl groups is 1. The van der Waals surface area contributed by atoms with Crippen molar-refractivity contribution in [1.29, 1.82) is 0 Å². The lowest BCUT2D eigenvalue weighted by Crippen LogP contribution is -2.24. The lowest BCUT2D eigenvalue weighted by Gasteiger charge is -2.13. The molecular formula is C11H16BrNO3. The number of ether oxygens (including phenoxy) is 2. The van der Waals surface area contributed by atoms with Gasteiger partial charge in [-0.15, -0.1) is 0 Å². The fraction of sp³-hybridized carbons (Fsp3) is 0.455. The third-order valence-corrected chi connectivity index (χ3v) is 2.75. The molecule has 0 radical (unpaired) electrons. The van der Waals surface area contributed by atoms with E-state index >= 15 is 0 Å². The van der Waals surface area contributed by atoms with Crippen LogP contribution in [-0.4, -0.2) is 38.6 Å². The van der Waals surface area contributed by atoms with E-state index in [0.29, 0.717) is 13.2 Å². The Hall–Kier alpha value is -0.780. The van der Waals surface area contributed by atoms with Crippen molar-refractivity contribution in [1.82, 2.24) is 0 Å². The standard InChI is InChI=1S/C11H16BrNO3/c1-15-7-8(14)6-13-11-5-9(16-2)3-4-10(11)12/h3-5,8,13-14H,6-7H2,1-2H3. The topological polar surface area (TPSA) is 50.7 Å². The minimum Gasteiger partial charge on any atom is -0.497 e. The maximum Gasteiger partial charge on any atom is 0.121 e. The van der Waals surface area contributed by atoms with Crippen LogP contribution in [0.15, 0.2) is 22.7 Å². The van der Waals surface area contributed by atoms with Gasteiger partial charge < -0.3 is 19.9 Å². The highest BCUT2D eigenvalue weighted by molar-refractivity contribution is 9.10. The number of nitrogens with one attached hydrogen (secondary N) is 1. The molecular weight excluding hydrogens is 274 g/mol. The van der Waals surface area contributed by atoms with Gasteiger partial charge in [-0.1, -0.05) is 0 Å². The summed E-state index contributed by atoms with van der Waals surface area (Å²) in [7, 11) is 3.18. The van der Waals surface area contributed by atoms with Crippen molar-refractivity contribution in [3.63, 3.8) is 0 Å².